The highest BCUT2D eigenvalue weighted by Crippen LogP contribution is 2.38. The summed E-state index contributed by atoms with van der Waals surface area (Å²) in [5.74, 6) is -2.80. The molecule has 0 saturated carbocycles. The molecule has 0 saturated heterocycles. The van der Waals surface area contributed by atoms with E-state index in [1.165, 1.54) is 6.92 Å². The average Bonchev–Trinajstić information content (AvgIpc) is 2.58. The van der Waals surface area contributed by atoms with Crippen LogP contribution in [0.15, 0.2) is 30.3 Å². The van der Waals surface area contributed by atoms with Crippen molar-refractivity contribution in [1.82, 2.24) is 16.0 Å². The van der Waals surface area contributed by atoms with Gasteiger partial charge < -0.3 is 30.5 Å². The van der Waals surface area contributed by atoms with Gasteiger partial charge in [-0.25, -0.2) is 4.79 Å². The number of ether oxygens (including phenoxy) is 1. The fourth-order valence-electron chi connectivity index (χ4n) is 1.70. The smallest absolute Gasteiger partial charge is 0.407 e. The van der Waals surface area contributed by atoms with Crippen LogP contribution >= 0.6 is 7.60 Å². The van der Waals surface area contributed by atoms with Gasteiger partial charge >= 0.3 is 13.7 Å². The number of carbonyl (C=O) groups excluding carboxylic acids is 3. The summed E-state index contributed by atoms with van der Waals surface area (Å²) in [5.41, 5.74) is 0.788. The predicted molar refractivity (Wildman–Crippen MR) is 91.9 cm³/mol. The van der Waals surface area contributed by atoms with Crippen molar-refractivity contribution in [2.45, 2.75) is 32.3 Å². The van der Waals surface area contributed by atoms with Crippen LogP contribution < -0.4 is 16.0 Å². The zero-order chi connectivity index (χ0) is 19.7. The van der Waals surface area contributed by atoms with Gasteiger partial charge in [0.25, 0.3) is 0 Å². The van der Waals surface area contributed by atoms with Crippen LogP contribution in [0.25, 0.3) is 0 Å². The predicted octanol–water partition coefficient (Wildman–Crippen LogP) is 0.0574. The number of rotatable bonds is 8. The van der Waals surface area contributed by atoms with Crippen molar-refractivity contribution >= 4 is 25.5 Å². The van der Waals surface area contributed by atoms with E-state index in [2.05, 4.69) is 16.0 Å². The molecule has 11 heteroatoms. The van der Waals surface area contributed by atoms with Crippen molar-refractivity contribution < 1.29 is 33.5 Å². The average molecular weight is 387 g/mol. The standard InChI is InChI=1S/C15H22N3O7P/c1-10(14(20)18-11(2)26(22,23)24)17-13(19)8-16-15(21)25-9-12-6-4-3-5-7-12/h3-7,10-11H,8-9H2,1-2H3,(H,16,21)(H,17,19)(H,18,20)(H2,22,23,24)/t10-,11+/m0/s1. The van der Waals surface area contributed by atoms with Crippen molar-refractivity contribution in [3.05, 3.63) is 35.9 Å². The zero-order valence-corrected chi connectivity index (χ0v) is 15.2. The van der Waals surface area contributed by atoms with E-state index in [1.54, 1.807) is 24.3 Å². The summed E-state index contributed by atoms with van der Waals surface area (Å²) in [6, 6.07) is 7.93. The van der Waals surface area contributed by atoms with Crippen LogP contribution in [-0.2, 0) is 25.5 Å². The second-order valence-corrected chi connectivity index (χ2v) is 7.43. The Morgan fingerprint density at radius 2 is 1.73 bits per heavy atom. The summed E-state index contributed by atoms with van der Waals surface area (Å²) in [6.45, 7) is 2.12. The second-order valence-electron chi connectivity index (χ2n) is 5.48. The Morgan fingerprint density at radius 1 is 1.12 bits per heavy atom. The molecule has 10 nitrogen and oxygen atoms in total. The van der Waals surface area contributed by atoms with E-state index < -0.39 is 43.9 Å². The summed E-state index contributed by atoms with van der Waals surface area (Å²) in [4.78, 5) is 52.8. The lowest BCUT2D eigenvalue weighted by molar-refractivity contribution is -0.128. The third-order valence-corrected chi connectivity index (χ3v) is 4.37. The van der Waals surface area contributed by atoms with Gasteiger partial charge in [0.15, 0.2) is 0 Å². The molecule has 1 aromatic rings. The van der Waals surface area contributed by atoms with E-state index in [4.69, 9.17) is 14.5 Å². The van der Waals surface area contributed by atoms with Gasteiger partial charge in [0, 0.05) is 0 Å². The SMILES string of the molecule is C[C@H](NC(=O)CNC(=O)OCc1ccccc1)C(=O)N[C@@H](C)P(=O)(O)O. The first-order valence-corrected chi connectivity index (χ1v) is 9.37. The molecule has 0 aliphatic heterocycles. The summed E-state index contributed by atoms with van der Waals surface area (Å²) < 4.78 is 15.9. The normalized spacial score (nSPS) is 13.2. The third-order valence-electron chi connectivity index (χ3n) is 3.23. The molecule has 0 aliphatic rings. The maximum absolute atomic E-state index is 11.8. The van der Waals surface area contributed by atoms with E-state index in [0.717, 1.165) is 12.5 Å². The van der Waals surface area contributed by atoms with Crippen LogP contribution in [0.4, 0.5) is 4.79 Å². The molecule has 0 fully saturated rings. The number of hydrogen-bond donors (Lipinski definition) is 5. The van der Waals surface area contributed by atoms with Gasteiger partial charge in [0.1, 0.15) is 25.0 Å². The largest absolute Gasteiger partial charge is 0.445 e. The molecule has 3 amide bonds. The minimum absolute atomic E-state index is 0.0490. The highest BCUT2D eigenvalue weighted by atomic mass is 31.2. The molecule has 0 bridgehead atoms. The Bertz CT molecular complexity index is 677. The number of carbonyl (C=O) groups is 3. The lowest BCUT2D eigenvalue weighted by Crippen LogP contribution is -2.49. The summed E-state index contributed by atoms with van der Waals surface area (Å²) in [5, 5.41) is 6.62. The maximum Gasteiger partial charge on any atom is 0.407 e. The van der Waals surface area contributed by atoms with Gasteiger partial charge in [-0.2, -0.15) is 0 Å². The molecule has 0 heterocycles. The summed E-state index contributed by atoms with van der Waals surface area (Å²) in [7, 11) is -4.46. The van der Waals surface area contributed by atoms with Gasteiger partial charge in [-0.3, -0.25) is 14.2 Å². The lowest BCUT2D eigenvalue weighted by Gasteiger charge is -2.19. The highest BCUT2D eigenvalue weighted by Gasteiger charge is 2.27. The molecule has 0 aromatic heterocycles. The molecule has 1 rings (SSSR count). The molecule has 5 N–H and O–H groups in total. The van der Waals surface area contributed by atoms with Gasteiger partial charge in [-0.05, 0) is 19.4 Å². The van der Waals surface area contributed by atoms with E-state index in [0.29, 0.717) is 0 Å². The molecule has 144 valence electrons. The monoisotopic (exact) mass is 387 g/mol. The Kier molecular flexibility index (Phi) is 8.24. The van der Waals surface area contributed by atoms with Crippen LogP contribution in [0.1, 0.15) is 19.4 Å². The molecule has 0 spiro atoms. The van der Waals surface area contributed by atoms with Crippen molar-refractivity contribution in [3.63, 3.8) is 0 Å². The first-order valence-electron chi connectivity index (χ1n) is 7.69. The fraction of sp³-hybridized carbons (Fsp3) is 0.400. The molecular formula is C15H22N3O7P. The highest BCUT2D eigenvalue weighted by molar-refractivity contribution is 7.52. The van der Waals surface area contributed by atoms with Crippen LogP contribution in [0.5, 0.6) is 0 Å². The topological polar surface area (TPSA) is 154 Å². The Morgan fingerprint density at radius 3 is 2.31 bits per heavy atom. The lowest BCUT2D eigenvalue weighted by atomic mass is 10.2. The molecule has 26 heavy (non-hydrogen) atoms. The van der Waals surface area contributed by atoms with Crippen molar-refractivity contribution in [2.75, 3.05) is 6.54 Å². The molecule has 1 aromatic carbocycles. The molecular weight excluding hydrogens is 365 g/mol. The maximum atomic E-state index is 11.8. The Hall–Kier alpha value is -2.42. The number of hydrogen-bond acceptors (Lipinski definition) is 5. The van der Waals surface area contributed by atoms with Crippen LogP contribution in [0, 0.1) is 0 Å². The second kappa shape index (κ2) is 9.91. The van der Waals surface area contributed by atoms with E-state index in [-0.39, 0.29) is 6.61 Å². The van der Waals surface area contributed by atoms with Gasteiger partial charge in [-0.15, -0.1) is 0 Å². The summed E-state index contributed by atoms with van der Waals surface area (Å²) in [6.07, 6.45) is -0.795. The van der Waals surface area contributed by atoms with Gasteiger partial charge in [0.05, 0.1) is 0 Å². The van der Waals surface area contributed by atoms with Crippen molar-refractivity contribution in [1.29, 1.82) is 0 Å². The van der Waals surface area contributed by atoms with Crippen LogP contribution in [-0.4, -0.2) is 46.1 Å². The number of benzene rings is 1. The molecule has 0 unspecified atom stereocenters. The minimum atomic E-state index is -4.46. The summed E-state index contributed by atoms with van der Waals surface area (Å²) >= 11 is 0. The molecule has 0 radical (unpaired) electrons. The van der Waals surface area contributed by atoms with E-state index >= 15 is 0 Å². The van der Waals surface area contributed by atoms with Gasteiger partial charge in [-0.1, -0.05) is 30.3 Å². The Labute approximate surface area is 150 Å². The first kappa shape index (κ1) is 21.6. The van der Waals surface area contributed by atoms with Crippen LogP contribution in [0.2, 0.25) is 0 Å². The number of amides is 3. The van der Waals surface area contributed by atoms with Crippen molar-refractivity contribution in [3.8, 4) is 0 Å². The first-order chi connectivity index (χ1) is 12.1. The van der Waals surface area contributed by atoms with E-state index in [9.17, 15) is 18.9 Å². The zero-order valence-electron chi connectivity index (χ0n) is 14.3. The van der Waals surface area contributed by atoms with Crippen LogP contribution in [0.3, 0.4) is 0 Å². The molecule has 2 atom stereocenters. The quantitative estimate of drug-likeness (QED) is 0.395. The third kappa shape index (κ3) is 8.11. The fourth-order valence-corrected chi connectivity index (χ4v) is 2.00. The van der Waals surface area contributed by atoms with Gasteiger partial charge in [0.2, 0.25) is 11.8 Å². The minimum Gasteiger partial charge on any atom is -0.445 e. The van der Waals surface area contributed by atoms with E-state index in [1.807, 2.05) is 6.07 Å². The Balaban J connectivity index is 2.31. The molecule has 0 aliphatic carbocycles. The number of nitrogens with one attached hydrogen (secondary N) is 3. The van der Waals surface area contributed by atoms with Crippen molar-refractivity contribution in [2.24, 2.45) is 0 Å². The number of alkyl carbamates (subject to hydrolysis) is 1.